The van der Waals surface area contributed by atoms with E-state index >= 15 is 0 Å². The Morgan fingerprint density at radius 3 is 2.78 bits per heavy atom. The summed E-state index contributed by atoms with van der Waals surface area (Å²) < 4.78 is 32.6. The van der Waals surface area contributed by atoms with E-state index in [9.17, 15) is 13.8 Å². The van der Waals surface area contributed by atoms with Crippen LogP contribution in [0, 0.1) is 0 Å². The van der Waals surface area contributed by atoms with Crippen LogP contribution in [0.4, 0.5) is 10.3 Å². The van der Waals surface area contributed by atoms with Gasteiger partial charge in [0.25, 0.3) is 5.56 Å². The van der Waals surface area contributed by atoms with Crippen LogP contribution in [0.2, 0.25) is 0 Å². The molecule has 23 heavy (non-hydrogen) atoms. The van der Waals surface area contributed by atoms with E-state index in [1.807, 2.05) is 13.8 Å². The Kier molecular flexibility index (Phi) is 5.54. The summed E-state index contributed by atoms with van der Waals surface area (Å²) in [7, 11) is -2.41. The van der Waals surface area contributed by atoms with Crippen LogP contribution in [0.3, 0.4) is 0 Å². The third-order valence-electron chi connectivity index (χ3n) is 3.76. The SMILES string of the molecule is CCP(=O)(CC)CO[C@@H](CF)Cn1cnc2c(=O)[nH]c(N)nc21. The fraction of sp³-hybridized carbons (Fsp3) is 0.615. The van der Waals surface area contributed by atoms with Crippen LogP contribution in [0.25, 0.3) is 11.2 Å². The monoisotopic (exact) mass is 345 g/mol. The number of nitrogen functional groups attached to an aromatic ring is 1. The topological polar surface area (TPSA) is 116 Å². The average Bonchev–Trinajstić information content (AvgIpc) is 2.94. The number of hydrogen-bond acceptors (Lipinski definition) is 6. The van der Waals surface area contributed by atoms with E-state index in [0.717, 1.165) is 0 Å². The molecule has 2 heterocycles. The first-order valence-electron chi connectivity index (χ1n) is 7.37. The van der Waals surface area contributed by atoms with E-state index in [1.54, 1.807) is 0 Å². The second kappa shape index (κ2) is 7.23. The number of anilines is 1. The van der Waals surface area contributed by atoms with E-state index in [0.29, 0.717) is 12.3 Å². The smallest absolute Gasteiger partial charge is 0.280 e. The summed E-state index contributed by atoms with van der Waals surface area (Å²) in [4.78, 5) is 22.0. The van der Waals surface area contributed by atoms with Gasteiger partial charge >= 0.3 is 0 Å². The molecule has 0 amide bonds. The number of H-pyrrole nitrogens is 1. The number of halogens is 1. The molecule has 8 nitrogen and oxygen atoms in total. The minimum atomic E-state index is -2.41. The molecule has 10 heteroatoms. The predicted molar refractivity (Wildman–Crippen MR) is 87.0 cm³/mol. The molecule has 0 aliphatic carbocycles. The van der Waals surface area contributed by atoms with Crippen molar-refractivity contribution in [1.29, 1.82) is 0 Å². The van der Waals surface area contributed by atoms with Crippen LogP contribution in [-0.2, 0) is 15.8 Å². The molecule has 0 saturated heterocycles. The number of nitrogens with one attached hydrogen (secondary N) is 1. The molecule has 0 bridgehead atoms. The highest BCUT2D eigenvalue weighted by molar-refractivity contribution is 7.63. The summed E-state index contributed by atoms with van der Waals surface area (Å²) in [6.07, 6.45) is 1.67. The maximum Gasteiger partial charge on any atom is 0.280 e. The molecule has 0 saturated carbocycles. The Hall–Kier alpha value is -1.73. The van der Waals surface area contributed by atoms with Crippen molar-refractivity contribution in [2.75, 3.05) is 31.1 Å². The van der Waals surface area contributed by atoms with Gasteiger partial charge in [0, 0.05) is 12.3 Å². The van der Waals surface area contributed by atoms with E-state index in [4.69, 9.17) is 10.5 Å². The summed E-state index contributed by atoms with van der Waals surface area (Å²) in [5.74, 6) is -0.0385. The lowest BCUT2D eigenvalue weighted by atomic mass is 10.4. The van der Waals surface area contributed by atoms with Crippen LogP contribution in [0.1, 0.15) is 13.8 Å². The molecule has 0 aliphatic heterocycles. The molecular weight excluding hydrogens is 324 g/mol. The van der Waals surface area contributed by atoms with E-state index in [1.165, 1.54) is 10.9 Å². The van der Waals surface area contributed by atoms with Gasteiger partial charge in [0.2, 0.25) is 5.95 Å². The predicted octanol–water partition coefficient (Wildman–Crippen LogP) is 1.42. The van der Waals surface area contributed by atoms with Gasteiger partial charge in [0.05, 0.1) is 12.9 Å². The van der Waals surface area contributed by atoms with Crippen LogP contribution in [0.5, 0.6) is 0 Å². The number of ether oxygens (including phenoxy) is 1. The molecule has 2 aromatic rings. The fourth-order valence-electron chi connectivity index (χ4n) is 2.12. The number of fused-ring (bicyclic) bond motifs is 1. The average molecular weight is 345 g/mol. The maximum absolute atomic E-state index is 13.2. The van der Waals surface area contributed by atoms with Crippen LogP contribution in [0.15, 0.2) is 11.1 Å². The van der Waals surface area contributed by atoms with Crippen molar-refractivity contribution in [3.63, 3.8) is 0 Å². The first-order valence-corrected chi connectivity index (χ1v) is 9.64. The highest BCUT2D eigenvalue weighted by Gasteiger charge is 2.21. The quantitative estimate of drug-likeness (QED) is 0.699. The molecule has 2 aromatic heterocycles. The summed E-state index contributed by atoms with van der Waals surface area (Å²) in [5, 5.41) is 0. The van der Waals surface area contributed by atoms with Gasteiger partial charge in [-0.05, 0) is 0 Å². The lowest BCUT2D eigenvalue weighted by Gasteiger charge is -2.20. The minimum absolute atomic E-state index is 0.0385. The Bertz CT molecular complexity index is 767. The highest BCUT2D eigenvalue weighted by atomic mass is 31.2. The first kappa shape index (κ1) is 17.6. The molecule has 1 atom stereocenters. The fourth-order valence-corrected chi connectivity index (χ4v) is 3.41. The highest BCUT2D eigenvalue weighted by Crippen LogP contribution is 2.44. The molecule has 0 spiro atoms. The van der Waals surface area contributed by atoms with Gasteiger partial charge in [0.15, 0.2) is 11.2 Å². The summed E-state index contributed by atoms with van der Waals surface area (Å²) in [6.45, 7) is 3.03. The summed E-state index contributed by atoms with van der Waals surface area (Å²) >= 11 is 0. The summed E-state index contributed by atoms with van der Waals surface area (Å²) in [6, 6.07) is 0. The van der Waals surface area contributed by atoms with Gasteiger partial charge in [0.1, 0.15) is 26.3 Å². The standard InChI is InChI=1S/C13H21FN5O3P/c1-3-23(21,4-2)8-22-9(5-14)6-19-7-16-10-11(19)17-13(15)18-12(10)20/h7,9H,3-6,8H2,1-2H3,(H3,15,17,18,20)/t9-/m0/s1. The molecule has 128 valence electrons. The van der Waals surface area contributed by atoms with Crippen LogP contribution < -0.4 is 11.3 Å². The van der Waals surface area contributed by atoms with Crippen LogP contribution >= 0.6 is 7.14 Å². The molecule has 0 aliphatic rings. The van der Waals surface area contributed by atoms with Crippen molar-refractivity contribution in [3.05, 3.63) is 16.7 Å². The Labute approximate surface area is 132 Å². The van der Waals surface area contributed by atoms with Gasteiger partial charge in [-0.3, -0.25) is 9.78 Å². The van der Waals surface area contributed by atoms with Gasteiger partial charge in [-0.15, -0.1) is 0 Å². The third-order valence-corrected chi connectivity index (χ3v) is 6.69. The van der Waals surface area contributed by atoms with Gasteiger partial charge < -0.3 is 19.6 Å². The second-order valence-corrected chi connectivity index (χ2v) is 8.92. The first-order chi connectivity index (χ1) is 10.9. The van der Waals surface area contributed by atoms with Gasteiger partial charge in [-0.1, -0.05) is 13.8 Å². The molecule has 3 N–H and O–H groups in total. The molecule has 0 unspecified atom stereocenters. The second-order valence-electron chi connectivity index (χ2n) is 5.28. The zero-order chi connectivity index (χ0) is 17.0. The largest absolute Gasteiger partial charge is 0.369 e. The van der Waals surface area contributed by atoms with Crippen molar-refractivity contribution in [3.8, 4) is 0 Å². The van der Waals surface area contributed by atoms with Crippen molar-refractivity contribution < 1.29 is 13.7 Å². The Balaban J connectivity index is 2.16. The number of imidazole rings is 1. The Morgan fingerprint density at radius 2 is 2.17 bits per heavy atom. The number of nitrogens with two attached hydrogens (primary N) is 1. The zero-order valence-electron chi connectivity index (χ0n) is 13.2. The van der Waals surface area contributed by atoms with E-state index in [-0.39, 0.29) is 30.0 Å². The van der Waals surface area contributed by atoms with E-state index in [2.05, 4.69) is 15.0 Å². The zero-order valence-corrected chi connectivity index (χ0v) is 14.1. The Morgan fingerprint density at radius 1 is 1.48 bits per heavy atom. The van der Waals surface area contributed by atoms with Crippen molar-refractivity contribution in [2.24, 2.45) is 0 Å². The minimum Gasteiger partial charge on any atom is -0.369 e. The molecule has 2 rings (SSSR count). The number of aromatic nitrogens is 4. The molecule has 0 radical (unpaired) electrons. The number of nitrogens with zero attached hydrogens (tertiary/aromatic N) is 3. The van der Waals surface area contributed by atoms with Crippen molar-refractivity contribution in [2.45, 2.75) is 26.5 Å². The van der Waals surface area contributed by atoms with Crippen molar-refractivity contribution in [1.82, 2.24) is 19.5 Å². The number of rotatable bonds is 8. The lowest BCUT2D eigenvalue weighted by Crippen LogP contribution is -2.23. The number of alkyl halides is 1. The van der Waals surface area contributed by atoms with Crippen LogP contribution in [-0.4, -0.2) is 51.0 Å². The molecule has 0 fully saturated rings. The normalized spacial score (nSPS) is 13.5. The van der Waals surface area contributed by atoms with E-state index < -0.39 is 25.5 Å². The summed E-state index contributed by atoms with van der Waals surface area (Å²) in [5.41, 5.74) is 5.46. The maximum atomic E-state index is 13.2. The number of hydrogen-bond donors (Lipinski definition) is 2. The molecule has 0 aromatic carbocycles. The lowest BCUT2D eigenvalue weighted by molar-refractivity contribution is 0.0521. The van der Waals surface area contributed by atoms with Crippen molar-refractivity contribution >= 4 is 24.3 Å². The number of aromatic amines is 1. The van der Waals surface area contributed by atoms with Gasteiger partial charge in [-0.25, -0.2) is 9.37 Å². The molecular formula is C13H21FN5O3P. The van der Waals surface area contributed by atoms with Gasteiger partial charge in [-0.2, -0.15) is 4.98 Å². The third kappa shape index (κ3) is 3.97.